The van der Waals surface area contributed by atoms with Crippen molar-refractivity contribution in [1.29, 1.82) is 0 Å². The molecule has 4 heteroatoms. The number of ether oxygens (including phenoxy) is 1. The lowest BCUT2D eigenvalue weighted by Gasteiger charge is -2.09. The normalized spacial score (nSPS) is 13.5. The number of nitrogens with zero attached hydrogens (tertiary/aromatic N) is 1. The number of ketones is 1. The highest BCUT2D eigenvalue weighted by molar-refractivity contribution is 6.16. The van der Waals surface area contributed by atoms with Gasteiger partial charge in [-0.1, -0.05) is 24.3 Å². The Bertz CT molecular complexity index is 690. The summed E-state index contributed by atoms with van der Waals surface area (Å²) in [5.41, 5.74) is 2.16. The van der Waals surface area contributed by atoms with Gasteiger partial charge in [0, 0.05) is 23.2 Å². The van der Waals surface area contributed by atoms with E-state index in [4.69, 9.17) is 4.74 Å². The number of nitrogens with one attached hydrogen (secondary N) is 1. The number of carbonyl (C=O) groups excluding carboxylic acids is 1. The van der Waals surface area contributed by atoms with Gasteiger partial charge in [-0.15, -0.1) is 0 Å². The molecule has 0 bridgehead atoms. The van der Waals surface area contributed by atoms with Crippen LogP contribution in [0.1, 0.15) is 21.5 Å². The topological polar surface area (TPSA) is 50.7 Å². The van der Waals surface area contributed by atoms with E-state index in [2.05, 4.69) is 10.3 Å². The van der Waals surface area contributed by atoms with Crippen LogP contribution in [0.2, 0.25) is 0 Å². The van der Waals surface area contributed by atoms with Gasteiger partial charge in [0.2, 0.25) is 0 Å². The summed E-state index contributed by atoms with van der Waals surface area (Å²) >= 11 is 0. The highest BCUT2D eigenvalue weighted by atomic mass is 16.5. The third-order valence-electron chi connectivity index (χ3n) is 3.45. The molecular weight excluding hydrogens is 264 g/mol. The van der Waals surface area contributed by atoms with Crippen molar-refractivity contribution in [1.82, 2.24) is 5.32 Å². The zero-order chi connectivity index (χ0) is 14.7. The molecule has 2 aromatic carbocycles. The number of carbonyl (C=O) groups is 1. The molecule has 0 radical (unpaired) electrons. The molecule has 3 rings (SSSR count). The average Bonchev–Trinajstić information content (AvgIpc) is 3.08. The van der Waals surface area contributed by atoms with E-state index in [1.54, 1.807) is 31.4 Å². The van der Waals surface area contributed by atoms with Gasteiger partial charge in [-0.25, -0.2) is 0 Å². The molecule has 1 aliphatic heterocycles. The monoisotopic (exact) mass is 280 g/mol. The molecule has 0 saturated heterocycles. The van der Waals surface area contributed by atoms with Crippen LogP contribution in [0, 0.1) is 0 Å². The van der Waals surface area contributed by atoms with Crippen LogP contribution in [0.4, 0.5) is 0 Å². The minimum atomic E-state index is -0.00958. The Balaban J connectivity index is 1.97. The summed E-state index contributed by atoms with van der Waals surface area (Å²) < 4.78 is 5.12. The molecule has 0 aliphatic carbocycles. The maximum absolute atomic E-state index is 12.7. The Labute approximate surface area is 123 Å². The second-order valence-corrected chi connectivity index (χ2v) is 4.76. The minimum Gasteiger partial charge on any atom is -0.497 e. The van der Waals surface area contributed by atoms with Gasteiger partial charge in [-0.2, -0.15) is 0 Å². The maximum Gasteiger partial charge on any atom is 0.193 e. The highest BCUT2D eigenvalue weighted by Crippen LogP contribution is 2.18. The summed E-state index contributed by atoms with van der Waals surface area (Å²) in [6.45, 7) is 1.57. The minimum absolute atomic E-state index is 0.00958. The summed E-state index contributed by atoms with van der Waals surface area (Å²) in [5.74, 6) is 1.53. The first-order valence-electron chi connectivity index (χ1n) is 6.86. The summed E-state index contributed by atoms with van der Waals surface area (Å²) in [5, 5.41) is 3.22. The third-order valence-corrected chi connectivity index (χ3v) is 3.45. The van der Waals surface area contributed by atoms with Crippen molar-refractivity contribution in [3.63, 3.8) is 0 Å². The second-order valence-electron chi connectivity index (χ2n) is 4.76. The van der Waals surface area contributed by atoms with Crippen molar-refractivity contribution in [2.45, 2.75) is 0 Å². The van der Waals surface area contributed by atoms with Gasteiger partial charge < -0.3 is 10.1 Å². The first-order chi connectivity index (χ1) is 10.3. The molecule has 0 unspecified atom stereocenters. The molecule has 0 atom stereocenters. The van der Waals surface area contributed by atoms with Crippen LogP contribution in [0.15, 0.2) is 53.5 Å². The lowest BCUT2D eigenvalue weighted by atomic mass is 9.97. The number of rotatable bonds is 4. The number of hydrogen-bond acceptors (Lipinski definition) is 4. The van der Waals surface area contributed by atoms with E-state index in [1.807, 2.05) is 24.3 Å². The molecule has 1 heterocycles. The average molecular weight is 280 g/mol. The summed E-state index contributed by atoms with van der Waals surface area (Å²) in [6, 6.07) is 14.7. The van der Waals surface area contributed by atoms with E-state index >= 15 is 0 Å². The molecule has 0 saturated carbocycles. The first-order valence-corrected chi connectivity index (χ1v) is 6.86. The SMILES string of the molecule is COc1ccc(C(=O)c2ccccc2C2=NCCN2)cc1. The maximum atomic E-state index is 12.7. The van der Waals surface area contributed by atoms with Crippen molar-refractivity contribution < 1.29 is 9.53 Å². The predicted molar refractivity (Wildman–Crippen MR) is 82.3 cm³/mol. The van der Waals surface area contributed by atoms with Gasteiger partial charge in [-0.3, -0.25) is 9.79 Å². The molecule has 2 aromatic rings. The van der Waals surface area contributed by atoms with E-state index in [-0.39, 0.29) is 5.78 Å². The van der Waals surface area contributed by atoms with Crippen LogP contribution in [0.25, 0.3) is 0 Å². The fourth-order valence-electron chi connectivity index (χ4n) is 2.36. The second kappa shape index (κ2) is 5.79. The Hall–Kier alpha value is -2.62. The molecule has 21 heavy (non-hydrogen) atoms. The number of methoxy groups -OCH3 is 1. The van der Waals surface area contributed by atoms with Crippen LogP contribution in [0.5, 0.6) is 5.75 Å². The predicted octanol–water partition coefficient (Wildman–Crippen LogP) is 2.28. The van der Waals surface area contributed by atoms with Gasteiger partial charge in [0.1, 0.15) is 11.6 Å². The van der Waals surface area contributed by atoms with Crippen molar-refractivity contribution in [3.8, 4) is 5.75 Å². The summed E-state index contributed by atoms with van der Waals surface area (Å²) in [7, 11) is 1.61. The van der Waals surface area contributed by atoms with Crippen LogP contribution in [-0.4, -0.2) is 31.8 Å². The lowest BCUT2D eigenvalue weighted by molar-refractivity contribution is 0.103. The molecule has 0 spiro atoms. The molecule has 1 N–H and O–H groups in total. The van der Waals surface area contributed by atoms with Crippen molar-refractivity contribution >= 4 is 11.6 Å². The van der Waals surface area contributed by atoms with E-state index in [0.717, 1.165) is 30.2 Å². The van der Waals surface area contributed by atoms with E-state index < -0.39 is 0 Å². The van der Waals surface area contributed by atoms with Crippen molar-refractivity contribution in [3.05, 3.63) is 65.2 Å². The van der Waals surface area contributed by atoms with Gasteiger partial charge >= 0.3 is 0 Å². The van der Waals surface area contributed by atoms with Crippen molar-refractivity contribution in [2.24, 2.45) is 4.99 Å². The summed E-state index contributed by atoms with van der Waals surface area (Å²) in [4.78, 5) is 17.1. The fourth-order valence-corrected chi connectivity index (χ4v) is 2.36. The Morgan fingerprint density at radius 1 is 1.14 bits per heavy atom. The first kappa shape index (κ1) is 13.4. The molecule has 4 nitrogen and oxygen atoms in total. The summed E-state index contributed by atoms with van der Waals surface area (Å²) in [6.07, 6.45) is 0. The standard InChI is InChI=1S/C17H16N2O2/c1-21-13-8-6-12(7-9-13)16(20)14-4-2-3-5-15(14)17-18-10-11-19-17/h2-9H,10-11H2,1H3,(H,18,19). The van der Waals surface area contributed by atoms with Gasteiger partial charge in [-0.05, 0) is 24.3 Å². The smallest absolute Gasteiger partial charge is 0.193 e. The number of amidine groups is 1. The number of aliphatic imine (C=N–C) groups is 1. The van der Waals surface area contributed by atoms with Gasteiger partial charge in [0.05, 0.1) is 13.7 Å². The molecule has 1 aliphatic rings. The number of benzene rings is 2. The highest BCUT2D eigenvalue weighted by Gasteiger charge is 2.18. The molecule has 0 fully saturated rings. The van der Waals surface area contributed by atoms with Crippen molar-refractivity contribution in [2.75, 3.05) is 20.2 Å². The van der Waals surface area contributed by atoms with Gasteiger partial charge in [0.15, 0.2) is 5.78 Å². The van der Waals surface area contributed by atoms with Crippen LogP contribution >= 0.6 is 0 Å². The van der Waals surface area contributed by atoms with Crippen LogP contribution < -0.4 is 10.1 Å². The zero-order valence-corrected chi connectivity index (χ0v) is 11.8. The largest absolute Gasteiger partial charge is 0.497 e. The van der Waals surface area contributed by atoms with Crippen LogP contribution in [-0.2, 0) is 0 Å². The Morgan fingerprint density at radius 3 is 2.57 bits per heavy atom. The quantitative estimate of drug-likeness (QED) is 0.874. The lowest BCUT2D eigenvalue weighted by Crippen LogP contribution is -2.22. The Kier molecular flexibility index (Phi) is 3.69. The van der Waals surface area contributed by atoms with E-state index in [0.29, 0.717) is 11.1 Å². The fraction of sp³-hybridized carbons (Fsp3) is 0.176. The third kappa shape index (κ3) is 2.65. The molecule has 0 aromatic heterocycles. The van der Waals surface area contributed by atoms with E-state index in [1.165, 1.54) is 0 Å². The van der Waals surface area contributed by atoms with E-state index in [9.17, 15) is 4.79 Å². The zero-order valence-electron chi connectivity index (χ0n) is 11.8. The number of hydrogen-bond donors (Lipinski definition) is 1. The molecule has 106 valence electrons. The molecular formula is C17H16N2O2. The molecule has 0 amide bonds. The Morgan fingerprint density at radius 2 is 1.90 bits per heavy atom. The van der Waals surface area contributed by atoms with Crippen LogP contribution in [0.3, 0.4) is 0 Å². The van der Waals surface area contributed by atoms with Gasteiger partial charge in [0.25, 0.3) is 0 Å².